The average molecular weight is 240 g/mol. The Morgan fingerprint density at radius 3 is 2.94 bits per heavy atom. The number of nitrogens with zero attached hydrogens (tertiary/aromatic N) is 3. The normalized spacial score (nSPS) is 25.9. The third-order valence-electron chi connectivity index (χ3n) is 3.56. The molecule has 1 aliphatic heterocycles. The smallest absolute Gasteiger partial charge is 0.224 e. The molecule has 2 unspecified atom stereocenters. The molecule has 0 aromatic carbocycles. The molecule has 2 rings (SSSR count). The lowest BCUT2D eigenvalue weighted by atomic mass is 9.92. The van der Waals surface area contributed by atoms with Gasteiger partial charge in [-0.2, -0.15) is 0 Å². The van der Waals surface area contributed by atoms with Crippen molar-refractivity contribution in [2.45, 2.75) is 39.7 Å². The maximum atomic E-state index is 5.87. The third kappa shape index (κ3) is 2.14. The SMILES string of the molecule is Cc1cnc(Cl)nc1N1CCCC(C)C1C. The summed E-state index contributed by atoms with van der Waals surface area (Å²) in [6.07, 6.45) is 4.33. The summed E-state index contributed by atoms with van der Waals surface area (Å²) >= 11 is 5.87. The lowest BCUT2D eigenvalue weighted by Crippen LogP contribution is -2.43. The topological polar surface area (TPSA) is 29.0 Å². The van der Waals surface area contributed by atoms with E-state index in [0.717, 1.165) is 17.9 Å². The van der Waals surface area contributed by atoms with Crippen LogP contribution in [0.3, 0.4) is 0 Å². The molecule has 0 amide bonds. The van der Waals surface area contributed by atoms with E-state index >= 15 is 0 Å². The fourth-order valence-corrected chi connectivity index (χ4v) is 2.47. The molecular formula is C12H18ClN3. The highest BCUT2D eigenvalue weighted by Crippen LogP contribution is 2.29. The van der Waals surface area contributed by atoms with Gasteiger partial charge < -0.3 is 4.90 Å². The fourth-order valence-electron chi connectivity index (χ4n) is 2.34. The largest absolute Gasteiger partial charge is 0.353 e. The van der Waals surface area contributed by atoms with E-state index in [1.54, 1.807) is 6.20 Å². The van der Waals surface area contributed by atoms with Crippen molar-refractivity contribution >= 4 is 17.4 Å². The second-order valence-corrected chi connectivity index (χ2v) is 5.04. The van der Waals surface area contributed by atoms with Gasteiger partial charge in [-0.3, -0.25) is 0 Å². The third-order valence-corrected chi connectivity index (χ3v) is 3.74. The van der Waals surface area contributed by atoms with Gasteiger partial charge in [0.15, 0.2) is 0 Å². The first-order valence-corrected chi connectivity index (χ1v) is 6.23. The Bertz CT molecular complexity index is 381. The van der Waals surface area contributed by atoms with E-state index in [9.17, 15) is 0 Å². The molecule has 0 bridgehead atoms. The molecule has 3 nitrogen and oxygen atoms in total. The molecule has 88 valence electrons. The van der Waals surface area contributed by atoms with Crippen molar-refractivity contribution in [1.82, 2.24) is 9.97 Å². The Morgan fingerprint density at radius 1 is 1.44 bits per heavy atom. The van der Waals surface area contributed by atoms with Crippen molar-refractivity contribution in [3.8, 4) is 0 Å². The van der Waals surface area contributed by atoms with E-state index < -0.39 is 0 Å². The quantitative estimate of drug-likeness (QED) is 0.706. The molecule has 1 saturated heterocycles. The predicted octanol–water partition coefficient (Wildman–Crippen LogP) is 3.06. The van der Waals surface area contributed by atoms with Gasteiger partial charge in [-0.25, -0.2) is 9.97 Å². The minimum Gasteiger partial charge on any atom is -0.353 e. The molecule has 0 aliphatic carbocycles. The summed E-state index contributed by atoms with van der Waals surface area (Å²) in [5.41, 5.74) is 1.10. The number of hydrogen-bond donors (Lipinski definition) is 0. The molecule has 2 atom stereocenters. The highest BCUT2D eigenvalue weighted by molar-refractivity contribution is 6.28. The van der Waals surface area contributed by atoms with Gasteiger partial charge >= 0.3 is 0 Å². The van der Waals surface area contributed by atoms with Crippen LogP contribution >= 0.6 is 11.6 Å². The van der Waals surface area contributed by atoms with Gasteiger partial charge in [0, 0.05) is 24.3 Å². The van der Waals surface area contributed by atoms with Crippen LogP contribution in [0.4, 0.5) is 5.82 Å². The van der Waals surface area contributed by atoms with E-state index in [-0.39, 0.29) is 0 Å². The van der Waals surface area contributed by atoms with Crippen molar-refractivity contribution in [2.24, 2.45) is 5.92 Å². The molecule has 1 fully saturated rings. The van der Waals surface area contributed by atoms with Gasteiger partial charge in [-0.05, 0) is 44.2 Å². The molecule has 16 heavy (non-hydrogen) atoms. The van der Waals surface area contributed by atoms with Crippen LogP contribution in [0.1, 0.15) is 32.3 Å². The van der Waals surface area contributed by atoms with E-state index in [1.807, 2.05) is 6.92 Å². The first-order chi connectivity index (χ1) is 7.59. The lowest BCUT2D eigenvalue weighted by Gasteiger charge is -2.39. The Kier molecular flexibility index (Phi) is 3.33. The minimum absolute atomic E-state index is 0.339. The van der Waals surface area contributed by atoms with Gasteiger partial charge in [-0.1, -0.05) is 6.92 Å². The molecule has 4 heteroatoms. The minimum atomic E-state index is 0.339. The van der Waals surface area contributed by atoms with Crippen LogP contribution in [0.15, 0.2) is 6.20 Å². The Hall–Kier alpha value is -0.830. The highest BCUT2D eigenvalue weighted by Gasteiger charge is 2.26. The maximum Gasteiger partial charge on any atom is 0.224 e. The molecule has 1 aliphatic rings. The second-order valence-electron chi connectivity index (χ2n) is 4.70. The second kappa shape index (κ2) is 4.58. The van der Waals surface area contributed by atoms with Crippen LogP contribution in [0.5, 0.6) is 0 Å². The summed E-state index contributed by atoms with van der Waals surface area (Å²) in [6, 6.07) is 0.526. The molecule has 0 radical (unpaired) electrons. The molecule has 1 aromatic heterocycles. The first kappa shape index (κ1) is 11.6. The number of rotatable bonds is 1. The van der Waals surface area contributed by atoms with Crippen LogP contribution < -0.4 is 4.90 Å². The van der Waals surface area contributed by atoms with E-state index in [4.69, 9.17) is 11.6 Å². The summed E-state index contributed by atoms with van der Waals surface area (Å²) in [5.74, 6) is 1.71. The summed E-state index contributed by atoms with van der Waals surface area (Å²) in [5, 5.41) is 0.339. The van der Waals surface area contributed by atoms with E-state index in [2.05, 4.69) is 28.7 Å². The van der Waals surface area contributed by atoms with Gasteiger partial charge in [0.05, 0.1) is 0 Å². The number of anilines is 1. The van der Waals surface area contributed by atoms with Gasteiger partial charge in [0.25, 0.3) is 0 Å². The zero-order chi connectivity index (χ0) is 11.7. The summed E-state index contributed by atoms with van der Waals surface area (Å²) in [6.45, 7) is 7.67. The lowest BCUT2D eigenvalue weighted by molar-refractivity contribution is 0.361. The number of aromatic nitrogens is 2. The Balaban J connectivity index is 2.31. The number of halogens is 1. The Labute approximate surface area is 102 Å². The van der Waals surface area contributed by atoms with E-state index in [0.29, 0.717) is 17.2 Å². The molecule has 2 heterocycles. The summed E-state index contributed by atoms with van der Waals surface area (Å²) in [4.78, 5) is 10.7. The van der Waals surface area contributed by atoms with Crippen molar-refractivity contribution in [3.05, 3.63) is 17.0 Å². The van der Waals surface area contributed by atoms with Crippen LogP contribution in [0, 0.1) is 12.8 Å². The average Bonchev–Trinajstić information content (AvgIpc) is 2.26. The van der Waals surface area contributed by atoms with Crippen LogP contribution in [0.25, 0.3) is 0 Å². The molecule has 0 spiro atoms. The fraction of sp³-hybridized carbons (Fsp3) is 0.667. The zero-order valence-corrected chi connectivity index (χ0v) is 10.8. The van der Waals surface area contributed by atoms with Crippen molar-refractivity contribution in [1.29, 1.82) is 0 Å². The van der Waals surface area contributed by atoms with Crippen LogP contribution in [-0.2, 0) is 0 Å². The zero-order valence-electron chi connectivity index (χ0n) is 10.1. The Morgan fingerprint density at radius 2 is 2.19 bits per heavy atom. The first-order valence-electron chi connectivity index (χ1n) is 5.85. The number of aryl methyl sites for hydroxylation is 1. The maximum absolute atomic E-state index is 5.87. The predicted molar refractivity (Wildman–Crippen MR) is 67.0 cm³/mol. The number of piperidine rings is 1. The van der Waals surface area contributed by atoms with Crippen molar-refractivity contribution in [3.63, 3.8) is 0 Å². The standard InChI is InChI=1S/C12H18ClN3/c1-8-5-4-6-16(10(8)3)11-9(2)7-14-12(13)15-11/h7-8,10H,4-6H2,1-3H3. The monoisotopic (exact) mass is 239 g/mol. The highest BCUT2D eigenvalue weighted by atomic mass is 35.5. The summed E-state index contributed by atoms with van der Waals surface area (Å²) in [7, 11) is 0. The molecule has 0 saturated carbocycles. The molecule has 1 aromatic rings. The van der Waals surface area contributed by atoms with Crippen LogP contribution in [-0.4, -0.2) is 22.6 Å². The molecule has 0 N–H and O–H groups in total. The molecular weight excluding hydrogens is 222 g/mol. The summed E-state index contributed by atoms with van der Waals surface area (Å²) < 4.78 is 0. The van der Waals surface area contributed by atoms with E-state index in [1.165, 1.54) is 12.8 Å². The van der Waals surface area contributed by atoms with Crippen molar-refractivity contribution in [2.75, 3.05) is 11.4 Å². The van der Waals surface area contributed by atoms with Gasteiger partial charge in [0.2, 0.25) is 5.28 Å². The van der Waals surface area contributed by atoms with Gasteiger partial charge in [0.1, 0.15) is 5.82 Å². The number of hydrogen-bond acceptors (Lipinski definition) is 3. The van der Waals surface area contributed by atoms with Crippen molar-refractivity contribution < 1.29 is 0 Å². The van der Waals surface area contributed by atoms with Crippen LogP contribution in [0.2, 0.25) is 5.28 Å². The van der Waals surface area contributed by atoms with Gasteiger partial charge in [-0.15, -0.1) is 0 Å².